The van der Waals surface area contributed by atoms with Gasteiger partial charge in [-0.3, -0.25) is 33.8 Å². The standard InChI is InChI=1S/C28H29BrCl2N2O8/c1-41-18-7-5-6-16(22(18)36)21-14-9-10-15-20(24(38)32(23(15)37)11-4-2-3-8-19(34)35)17(14)12-27(30)25(39)33(13-29)26(40)28(21,27)31/h5-7,9,15,17,20-21,36H,2-4,8,10-13H2,1H3,(H,34,35). The summed E-state index contributed by atoms with van der Waals surface area (Å²) in [5.74, 6) is -6.47. The van der Waals surface area contributed by atoms with Crippen molar-refractivity contribution >= 4 is 68.7 Å². The Bertz CT molecular complexity index is 1370. The number of fused-ring (bicyclic) bond motifs is 4. The van der Waals surface area contributed by atoms with Crippen LogP contribution in [0.25, 0.3) is 0 Å². The van der Waals surface area contributed by atoms with Crippen LogP contribution in [0.1, 0.15) is 50.0 Å². The number of halogens is 3. The number of carbonyl (C=O) groups excluding carboxylic acids is 4. The molecule has 2 aliphatic carbocycles. The number of likely N-dealkylation sites (tertiary alicyclic amines) is 2. The number of phenols is 1. The second kappa shape index (κ2) is 10.9. The van der Waals surface area contributed by atoms with Gasteiger partial charge in [-0.25, -0.2) is 0 Å². The van der Waals surface area contributed by atoms with Gasteiger partial charge >= 0.3 is 5.97 Å². The molecule has 1 saturated carbocycles. The van der Waals surface area contributed by atoms with Crippen LogP contribution in [0.5, 0.6) is 11.5 Å². The van der Waals surface area contributed by atoms with Crippen LogP contribution in [0.3, 0.4) is 0 Å². The number of phenolic OH excluding ortho intramolecular Hbond substituents is 1. The van der Waals surface area contributed by atoms with Crippen molar-refractivity contribution in [3.05, 3.63) is 35.4 Å². The Hall–Kier alpha value is -2.63. The minimum absolute atomic E-state index is 0.0111. The molecule has 2 saturated heterocycles. The molecule has 0 spiro atoms. The Kier molecular flexibility index (Phi) is 7.93. The van der Waals surface area contributed by atoms with Crippen LogP contribution in [0.2, 0.25) is 0 Å². The van der Waals surface area contributed by atoms with E-state index in [2.05, 4.69) is 15.9 Å². The fraction of sp³-hybridized carbons (Fsp3) is 0.536. The Morgan fingerprint density at radius 3 is 2.46 bits per heavy atom. The quantitative estimate of drug-likeness (QED) is 0.133. The van der Waals surface area contributed by atoms with Crippen LogP contribution < -0.4 is 4.74 Å². The van der Waals surface area contributed by atoms with Crippen molar-refractivity contribution in [2.75, 3.05) is 19.1 Å². The van der Waals surface area contributed by atoms with Gasteiger partial charge in [-0.15, -0.1) is 23.2 Å². The topological polar surface area (TPSA) is 142 Å². The van der Waals surface area contributed by atoms with Gasteiger partial charge in [0.25, 0.3) is 11.8 Å². The number of ether oxygens (including phenoxy) is 1. The van der Waals surface area contributed by atoms with E-state index < -0.39 is 51.2 Å². The molecule has 0 radical (unpaired) electrons. The van der Waals surface area contributed by atoms with Crippen molar-refractivity contribution in [3.63, 3.8) is 0 Å². The lowest BCUT2D eigenvalue weighted by molar-refractivity contribution is -0.141. The van der Waals surface area contributed by atoms with Crippen molar-refractivity contribution in [1.82, 2.24) is 9.80 Å². The average molecular weight is 672 g/mol. The van der Waals surface area contributed by atoms with Gasteiger partial charge in [-0.05, 0) is 37.7 Å². The first-order valence-corrected chi connectivity index (χ1v) is 15.2. The van der Waals surface area contributed by atoms with Gasteiger partial charge in [-0.1, -0.05) is 46.1 Å². The largest absolute Gasteiger partial charge is 0.504 e. The summed E-state index contributed by atoms with van der Waals surface area (Å²) in [6, 6.07) is 4.75. The number of allylic oxidation sites excluding steroid dienone is 2. The molecule has 2 heterocycles. The van der Waals surface area contributed by atoms with Crippen LogP contribution in [0.15, 0.2) is 29.8 Å². The van der Waals surface area contributed by atoms with Crippen molar-refractivity contribution in [2.24, 2.45) is 17.8 Å². The van der Waals surface area contributed by atoms with Gasteiger partial charge in [0.15, 0.2) is 21.2 Å². The van der Waals surface area contributed by atoms with E-state index in [0.29, 0.717) is 24.8 Å². The number of hydrogen-bond donors (Lipinski definition) is 2. The average Bonchev–Trinajstić information content (AvgIpc) is 3.26. The summed E-state index contributed by atoms with van der Waals surface area (Å²) in [7, 11) is 1.38. The number of aliphatic carboxylic acids is 1. The Labute approximate surface area is 254 Å². The molecule has 2 N–H and O–H groups in total. The monoisotopic (exact) mass is 670 g/mol. The van der Waals surface area contributed by atoms with E-state index >= 15 is 0 Å². The highest BCUT2D eigenvalue weighted by molar-refractivity contribution is 9.09. The SMILES string of the molecule is COc1cccc(C2C3=CCC4C(=O)N(CCCCCC(=O)O)C(=O)C4C3CC3(Cl)C(=O)N(CBr)C(=O)C23Cl)c1O. The number of benzene rings is 1. The number of rotatable bonds is 9. The molecule has 6 atom stereocenters. The summed E-state index contributed by atoms with van der Waals surface area (Å²) < 4.78 is 5.30. The third kappa shape index (κ3) is 4.29. The number of hydrogen-bond acceptors (Lipinski definition) is 7. The molecule has 10 nitrogen and oxygen atoms in total. The second-order valence-corrected chi connectivity index (χ2v) is 12.7. The van der Waals surface area contributed by atoms with E-state index in [9.17, 15) is 29.1 Å². The van der Waals surface area contributed by atoms with Gasteiger partial charge in [0.2, 0.25) is 11.8 Å². The van der Waals surface area contributed by atoms with Gasteiger partial charge < -0.3 is 14.9 Å². The minimum Gasteiger partial charge on any atom is -0.504 e. The molecule has 4 aliphatic rings. The van der Waals surface area contributed by atoms with Crippen LogP contribution in [0, 0.1) is 17.8 Å². The molecule has 0 aromatic heterocycles. The number of imide groups is 2. The number of methoxy groups -OCH3 is 1. The fourth-order valence-electron chi connectivity index (χ4n) is 7.04. The van der Waals surface area contributed by atoms with E-state index in [4.69, 9.17) is 33.0 Å². The summed E-state index contributed by atoms with van der Waals surface area (Å²) >= 11 is 17.5. The van der Waals surface area contributed by atoms with E-state index in [1.165, 1.54) is 12.0 Å². The molecule has 41 heavy (non-hydrogen) atoms. The molecule has 1 aromatic rings. The molecule has 5 rings (SSSR count). The van der Waals surface area contributed by atoms with Crippen molar-refractivity contribution in [2.45, 2.75) is 54.2 Å². The molecule has 1 aromatic carbocycles. The first-order valence-electron chi connectivity index (χ1n) is 13.4. The lowest BCUT2D eigenvalue weighted by Gasteiger charge is -2.50. The zero-order valence-electron chi connectivity index (χ0n) is 22.1. The number of carbonyl (C=O) groups is 5. The van der Waals surface area contributed by atoms with Crippen LogP contribution in [-0.2, 0) is 24.0 Å². The Morgan fingerprint density at radius 2 is 1.80 bits per heavy atom. The van der Waals surface area contributed by atoms with Crippen LogP contribution in [-0.4, -0.2) is 78.5 Å². The Balaban J connectivity index is 1.56. The van der Waals surface area contributed by atoms with E-state index in [1.807, 2.05) is 0 Å². The predicted octanol–water partition coefficient (Wildman–Crippen LogP) is 3.76. The smallest absolute Gasteiger partial charge is 0.303 e. The number of nitrogens with zero attached hydrogens (tertiary/aromatic N) is 2. The fourth-order valence-corrected chi connectivity index (χ4v) is 8.46. The molecular formula is C28H29BrCl2N2O8. The molecule has 2 aliphatic heterocycles. The maximum Gasteiger partial charge on any atom is 0.303 e. The third-order valence-corrected chi connectivity index (χ3v) is 10.9. The first-order chi connectivity index (χ1) is 19.4. The minimum atomic E-state index is -2.02. The summed E-state index contributed by atoms with van der Waals surface area (Å²) in [5, 5.41) is 20.0. The summed E-state index contributed by atoms with van der Waals surface area (Å²) in [5.41, 5.74) is 0.652. The molecule has 13 heteroatoms. The van der Waals surface area contributed by atoms with Crippen molar-refractivity contribution < 1.29 is 38.9 Å². The Morgan fingerprint density at radius 1 is 1.07 bits per heavy atom. The van der Waals surface area contributed by atoms with Crippen molar-refractivity contribution in [3.8, 4) is 11.5 Å². The number of aromatic hydroxyl groups is 1. The maximum atomic E-state index is 13.8. The second-order valence-electron chi connectivity index (χ2n) is 10.9. The normalized spacial score (nSPS) is 32.5. The number of alkyl halides is 3. The molecule has 4 amide bonds. The molecule has 3 fully saturated rings. The lowest BCUT2D eigenvalue weighted by Crippen LogP contribution is -2.60. The first kappa shape index (κ1) is 29.8. The number of unbranched alkanes of at least 4 members (excludes halogenated alkanes) is 2. The molecule has 220 valence electrons. The summed E-state index contributed by atoms with van der Waals surface area (Å²) in [4.78, 5) is 63.6. The number of amides is 4. The molecule has 6 unspecified atom stereocenters. The highest BCUT2D eigenvalue weighted by Crippen LogP contribution is 2.66. The molecule has 0 bridgehead atoms. The number of carboxylic acids is 1. The van der Waals surface area contributed by atoms with E-state index in [0.717, 1.165) is 4.90 Å². The van der Waals surface area contributed by atoms with Gasteiger partial charge in [0.1, 0.15) is 0 Å². The van der Waals surface area contributed by atoms with Gasteiger partial charge in [0.05, 0.1) is 24.4 Å². The zero-order chi connectivity index (χ0) is 29.9. The maximum absolute atomic E-state index is 13.8. The zero-order valence-corrected chi connectivity index (χ0v) is 25.2. The lowest BCUT2D eigenvalue weighted by atomic mass is 9.56. The number of para-hydroxylation sites is 1. The van der Waals surface area contributed by atoms with Crippen LogP contribution >= 0.6 is 39.1 Å². The van der Waals surface area contributed by atoms with Crippen LogP contribution in [0.4, 0.5) is 0 Å². The molecular weight excluding hydrogens is 643 g/mol. The highest BCUT2D eigenvalue weighted by Gasteiger charge is 2.76. The predicted molar refractivity (Wildman–Crippen MR) is 151 cm³/mol. The summed E-state index contributed by atoms with van der Waals surface area (Å²) in [6.07, 6.45) is 3.32. The van der Waals surface area contributed by atoms with Gasteiger partial charge in [0, 0.05) is 24.4 Å². The van der Waals surface area contributed by atoms with Crippen molar-refractivity contribution in [1.29, 1.82) is 0 Å². The van der Waals surface area contributed by atoms with E-state index in [1.54, 1.807) is 24.3 Å². The number of carboxylic acid groups (broad SMARTS) is 1. The van der Waals surface area contributed by atoms with E-state index in [-0.39, 0.29) is 60.1 Å². The van der Waals surface area contributed by atoms with Gasteiger partial charge in [-0.2, -0.15) is 0 Å². The summed E-state index contributed by atoms with van der Waals surface area (Å²) in [6.45, 7) is 0.159. The highest BCUT2D eigenvalue weighted by atomic mass is 79.9. The third-order valence-electron chi connectivity index (χ3n) is 8.94.